The van der Waals surface area contributed by atoms with E-state index in [2.05, 4.69) is 45.7 Å². The third-order valence-corrected chi connectivity index (χ3v) is 5.93. The Labute approximate surface area is 159 Å². The predicted molar refractivity (Wildman–Crippen MR) is 106 cm³/mol. The summed E-state index contributed by atoms with van der Waals surface area (Å²) in [7, 11) is 0. The lowest BCUT2D eigenvalue weighted by atomic mass is 10.1. The van der Waals surface area contributed by atoms with E-state index in [-0.39, 0.29) is 5.37 Å². The normalized spacial score (nSPS) is 16.0. The summed E-state index contributed by atoms with van der Waals surface area (Å²) in [6, 6.07) is 16.3. The zero-order valence-corrected chi connectivity index (χ0v) is 15.6. The van der Waals surface area contributed by atoms with Gasteiger partial charge in [0, 0.05) is 27.9 Å². The molecular formula is C19H16ClN5S. The van der Waals surface area contributed by atoms with Gasteiger partial charge in [-0.2, -0.15) is 0 Å². The molecule has 5 rings (SSSR count). The lowest BCUT2D eigenvalue weighted by molar-refractivity contribution is 0.741. The number of H-pyrrole nitrogens is 1. The van der Waals surface area contributed by atoms with Crippen LogP contribution in [-0.4, -0.2) is 19.9 Å². The smallest absolute Gasteiger partial charge is 0.212 e. The van der Waals surface area contributed by atoms with Crippen molar-refractivity contribution in [2.45, 2.75) is 23.9 Å². The summed E-state index contributed by atoms with van der Waals surface area (Å²) in [6.45, 7) is 2.09. The summed E-state index contributed by atoms with van der Waals surface area (Å²) < 4.78 is 2.00. The van der Waals surface area contributed by atoms with Gasteiger partial charge in [-0.05, 0) is 23.8 Å². The molecular weight excluding hydrogens is 366 g/mol. The third-order valence-electron chi connectivity index (χ3n) is 4.63. The number of nitrogens with one attached hydrogen (secondary N) is 2. The summed E-state index contributed by atoms with van der Waals surface area (Å²) in [5.74, 6) is 0.947. The van der Waals surface area contributed by atoms with Crippen LogP contribution in [0.4, 0.5) is 0 Å². The first-order valence-electron chi connectivity index (χ1n) is 8.48. The van der Waals surface area contributed by atoms with Crippen LogP contribution in [0.1, 0.15) is 23.7 Å². The molecule has 0 aliphatic carbocycles. The Morgan fingerprint density at radius 2 is 1.92 bits per heavy atom. The Morgan fingerprint density at radius 3 is 2.73 bits per heavy atom. The van der Waals surface area contributed by atoms with Crippen LogP contribution in [0.3, 0.4) is 0 Å². The minimum Gasteiger partial charge on any atom is -0.354 e. The van der Waals surface area contributed by atoms with Crippen molar-refractivity contribution in [2.75, 3.05) is 5.43 Å². The summed E-state index contributed by atoms with van der Waals surface area (Å²) in [5, 5.41) is 11.4. The van der Waals surface area contributed by atoms with E-state index in [0.29, 0.717) is 0 Å². The molecule has 1 atom stereocenters. The second kappa shape index (κ2) is 6.07. The molecule has 2 aromatic heterocycles. The molecule has 0 amide bonds. The van der Waals surface area contributed by atoms with Crippen LogP contribution in [0, 0.1) is 0 Å². The molecule has 5 nitrogen and oxygen atoms in total. The first kappa shape index (κ1) is 15.8. The number of para-hydroxylation sites is 1. The van der Waals surface area contributed by atoms with Crippen LogP contribution in [-0.2, 0) is 6.42 Å². The Kier molecular flexibility index (Phi) is 3.69. The van der Waals surface area contributed by atoms with E-state index in [1.807, 2.05) is 35.0 Å². The van der Waals surface area contributed by atoms with E-state index >= 15 is 0 Å². The molecule has 4 aromatic rings. The van der Waals surface area contributed by atoms with Gasteiger partial charge < -0.3 is 10.4 Å². The van der Waals surface area contributed by atoms with E-state index in [9.17, 15) is 0 Å². The highest BCUT2D eigenvalue weighted by molar-refractivity contribution is 7.99. The van der Waals surface area contributed by atoms with Gasteiger partial charge in [0.1, 0.15) is 5.37 Å². The van der Waals surface area contributed by atoms with E-state index < -0.39 is 0 Å². The fourth-order valence-electron chi connectivity index (χ4n) is 3.39. The second-order valence-electron chi connectivity index (χ2n) is 6.18. The molecule has 2 aromatic carbocycles. The van der Waals surface area contributed by atoms with Crippen molar-refractivity contribution < 1.29 is 0 Å². The number of aryl methyl sites for hydroxylation is 1. The molecule has 0 radical (unpaired) electrons. The van der Waals surface area contributed by atoms with Crippen molar-refractivity contribution in [1.29, 1.82) is 0 Å². The topological polar surface area (TPSA) is 58.5 Å². The summed E-state index contributed by atoms with van der Waals surface area (Å²) in [4.78, 5) is 3.58. The highest BCUT2D eigenvalue weighted by Crippen LogP contribution is 2.45. The molecule has 2 N–H and O–H groups in total. The molecule has 0 fully saturated rings. The van der Waals surface area contributed by atoms with Crippen LogP contribution >= 0.6 is 23.4 Å². The number of halogens is 1. The van der Waals surface area contributed by atoms with Crippen LogP contribution < -0.4 is 5.43 Å². The van der Waals surface area contributed by atoms with Crippen LogP contribution in [0.15, 0.2) is 53.7 Å². The van der Waals surface area contributed by atoms with E-state index in [4.69, 9.17) is 11.6 Å². The Morgan fingerprint density at radius 1 is 1.12 bits per heavy atom. The maximum Gasteiger partial charge on any atom is 0.212 e. The number of hydrogen-bond donors (Lipinski definition) is 2. The monoisotopic (exact) mass is 381 g/mol. The largest absolute Gasteiger partial charge is 0.354 e. The molecule has 0 spiro atoms. The SMILES string of the molecule is CCc1nnc2n1NC(c1c(-c3ccc(Cl)cc3)[nH]c3ccccc13)S2. The number of hydrogen-bond acceptors (Lipinski definition) is 4. The number of benzene rings is 2. The van der Waals surface area contributed by atoms with Crippen LogP contribution in [0.25, 0.3) is 22.2 Å². The van der Waals surface area contributed by atoms with Crippen molar-refractivity contribution in [2.24, 2.45) is 0 Å². The zero-order valence-electron chi connectivity index (χ0n) is 14.0. The Bertz CT molecular complexity index is 1100. The van der Waals surface area contributed by atoms with Crippen molar-refractivity contribution in [3.63, 3.8) is 0 Å². The highest BCUT2D eigenvalue weighted by Gasteiger charge is 2.31. The number of thioether (sulfide) groups is 1. The van der Waals surface area contributed by atoms with E-state index in [1.165, 1.54) is 10.9 Å². The Hall–Kier alpha value is -2.44. The summed E-state index contributed by atoms with van der Waals surface area (Å²) in [5.41, 5.74) is 8.11. The van der Waals surface area contributed by atoms with Crippen molar-refractivity contribution in [3.05, 3.63) is 64.9 Å². The predicted octanol–water partition coefficient (Wildman–Crippen LogP) is 4.99. The van der Waals surface area contributed by atoms with Gasteiger partial charge in [-0.25, -0.2) is 4.68 Å². The molecule has 1 aliphatic rings. The van der Waals surface area contributed by atoms with Crippen LogP contribution in [0.5, 0.6) is 0 Å². The fourth-order valence-corrected chi connectivity index (χ4v) is 4.60. The van der Waals surface area contributed by atoms with Gasteiger partial charge in [0.05, 0.1) is 5.69 Å². The first-order valence-corrected chi connectivity index (χ1v) is 9.74. The highest BCUT2D eigenvalue weighted by atomic mass is 35.5. The quantitative estimate of drug-likeness (QED) is 0.525. The minimum absolute atomic E-state index is 0.0626. The molecule has 1 unspecified atom stereocenters. The minimum atomic E-state index is 0.0626. The molecule has 0 saturated heterocycles. The number of rotatable bonds is 3. The van der Waals surface area contributed by atoms with Gasteiger partial charge in [-0.3, -0.25) is 0 Å². The molecule has 130 valence electrons. The third kappa shape index (κ3) is 2.40. The summed E-state index contributed by atoms with van der Waals surface area (Å²) >= 11 is 7.77. The molecule has 1 aliphatic heterocycles. The Balaban J connectivity index is 1.66. The van der Waals surface area contributed by atoms with Gasteiger partial charge in [0.2, 0.25) is 5.16 Å². The number of fused-ring (bicyclic) bond motifs is 2. The van der Waals surface area contributed by atoms with Gasteiger partial charge in [0.15, 0.2) is 5.82 Å². The van der Waals surface area contributed by atoms with Gasteiger partial charge in [-0.1, -0.05) is 60.6 Å². The fraction of sp³-hybridized carbons (Fsp3) is 0.158. The molecule has 26 heavy (non-hydrogen) atoms. The standard InChI is InChI=1S/C19H16ClN5S/c1-2-15-22-23-19-25(15)24-18(26-19)16-13-5-3-4-6-14(13)21-17(16)11-7-9-12(20)10-8-11/h3-10,18,21,24H,2H2,1H3. The summed E-state index contributed by atoms with van der Waals surface area (Å²) in [6.07, 6.45) is 0.838. The van der Waals surface area contributed by atoms with Gasteiger partial charge in [0.25, 0.3) is 0 Å². The van der Waals surface area contributed by atoms with Crippen LogP contribution in [0.2, 0.25) is 5.02 Å². The zero-order chi connectivity index (χ0) is 17.7. The van der Waals surface area contributed by atoms with E-state index in [1.54, 1.807) is 11.8 Å². The average Bonchev–Trinajstić information content (AvgIpc) is 3.33. The molecule has 3 heterocycles. The number of aromatic nitrogens is 4. The molecule has 7 heteroatoms. The maximum atomic E-state index is 6.08. The van der Waals surface area contributed by atoms with Crippen molar-refractivity contribution >= 4 is 34.3 Å². The van der Waals surface area contributed by atoms with Gasteiger partial charge >= 0.3 is 0 Å². The van der Waals surface area contributed by atoms with Crippen molar-refractivity contribution in [1.82, 2.24) is 19.9 Å². The maximum absolute atomic E-state index is 6.08. The average molecular weight is 382 g/mol. The lowest BCUT2D eigenvalue weighted by Gasteiger charge is -2.14. The number of aromatic amines is 1. The molecule has 0 bridgehead atoms. The van der Waals surface area contributed by atoms with Crippen molar-refractivity contribution in [3.8, 4) is 11.3 Å². The molecule has 0 saturated carbocycles. The van der Waals surface area contributed by atoms with Gasteiger partial charge in [-0.15, -0.1) is 10.2 Å². The number of nitrogens with zero attached hydrogens (tertiary/aromatic N) is 3. The van der Waals surface area contributed by atoms with E-state index in [0.717, 1.165) is 39.2 Å². The first-order chi connectivity index (χ1) is 12.7. The lowest BCUT2D eigenvalue weighted by Crippen LogP contribution is -2.15. The second-order valence-corrected chi connectivity index (χ2v) is 7.69.